The van der Waals surface area contributed by atoms with E-state index in [-0.39, 0.29) is 18.3 Å². The Morgan fingerprint density at radius 1 is 1.13 bits per heavy atom. The second kappa shape index (κ2) is 6.66. The SMILES string of the molecule is O=C(Cn1nnnc1-c1ccc(Br)cc1)Nc1ccc(F)cc1. The number of tetrazole rings is 1. The third-order valence-corrected chi connectivity index (χ3v) is 3.58. The Morgan fingerprint density at radius 2 is 1.83 bits per heavy atom. The summed E-state index contributed by atoms with van der Waals surface area (Å²) in [6.45, 7) is -0.0459. The van der Waals surface area contributed by atoms with Gasteiger partial charge in [0.2, 0.25) is 5.91 Å². The Labute approximate surface area is 139 Å². The maximum atomic E-state index is 12.9. The average molecular weight is 376 g/mol. The number of nitrogens with one attached hydrogen (secondary N) is 1. The van der Waals surface area contributed by atoms with E-state index >= 15 is 0 Å². The molecule has 0 fully saturated rings. The van der Waals surface area contributed by atoms with Crippen molar-refractivity contribution in [3.63, 3.8) is 0 Å². The molecule has 8 heteroatoms. The van der Waals surface area contributed by atoms with Gasteiger partial charge in [-0.15, -0.1) is 5.10 Å². The fourth-order valence-electron chi connectivity index (χ4n) is 1.99. The second-order valence-corrected chi connectivity index (χ2v) is 5.64. The van der Waals surface area contributed by atoms with Gasteiger partial charge in [-0.3, -0.25) is 4.79 Å². The zero-order valence-corrected chi connectivity index (χ0v) is 13.4. The van der Waals surface area contributed by atoms with E-state index in [1.807, 2.05) is 24.3 Å². The molecule has 1 amide bonds. The van der Waals surface area contributed by atoms with Crippen LogP contribution in [0, 0.1) is 5.82 Å². The van der Waals surface area contributed by atoms with Crippen molar-refractivity contribution in [3.8, 4) is 11.4 Å². The fourth-order valence-corrected chi connectivity index (χ4v) is 2.25. The van der Waals surface area contributed by atoms with Gasteiger partial charge in [-0.05, 0) is 46.8 Å². The molecule has 0 saturated carbocycles. The summed E-state index contributed by atoms with van der Waals surface area (Å²) in [6.07, 6.45) is 0. The topological polar surface area (TPSA) is 72.7 Å². The maximum Gasteiger partial charge on any atom is 0.246 e. The molecule has 0 unspecified atom stereocenters. The van der Waals surface area contributed by atoms with Crippen molar-refractivity contribution < 1.29 is 9.18 Å². The Balaban J connectivity index is 1.73. The molecule has 0 atom stereocenters. The van der Waals surface area contributed by atoms with Crippen LogP contribution >= 0.6 is 15.9 Å². The quantitative estimate of drug-likeness (QED) is 0.760. The molecule has 0 aliphatic heterocycles. The summed E-state index contributed by atoms with van der Waals surface area (Å²) < 4.78 is 15.2. The number of carbonyl (C=O) groups is 1. The molecular formula is C15H11BrFN5O. The molecule has 1 aromatic heterocycles. The van der Waals surface area contributed by atoms with Gasteiger partial charge in [-0.1, -0.05) is 28.1 Å². The van der Waals surface area contributed by atoms with E-state index in [0.717, 1.165) is 10.0 Å². The van der Waals surface area contributed by atoms with Gasteiger partial charge >= 0.3 is 0 Å². The van der Waals surface area contributed by atoms with E-state index < -0.39 is 0 Å². The van der Waals surface area contributed by atoms with Crippen LogP contribution in [0.2, 0.25) is 0 Å². The fraction of sp³-hybridized carbons (Fsp3) is 0.0667. The molecular weight excluding hydrogens is 365 g/mol. The summed E-state index contributed by atoms with van der Waals surface area (Å²) in [7, 11) is 0. The van der Waals surface area contributed by atoms with Gasteiger partial charge in [-0.25, -0.2) is 9.07 Å². The monoisotopic (exact) mass is 375 g/mol. The number of aromatic nitrogens is 4. The third kappa shape index (κ3) is 3.78. The molecule has 3 rings (SSSR count). The zero-order chi connectivity index (χ0) is 16.2. The molecule has 1 heterocycles. The highest BCUT2D eigenvalue weighted by molar-refractivity contribution is 9.10. The van der Waals surface area contributed by atoms with Crippen LogP contribution in [0.4, 0.5) is 10.1 Å². The van der Waals surface area contributed by atoms with Crippen LogP contribution in [0.5, 0.6) is 0 Å². The molecule has 2 aromatic carbocycles. The van der Waals surface area contributed by atoms with Crippen molar-refractivity contribution in [3.05, 3.63) is 58.8 Å². The van der Waals surface area contributed by atoms with Crippen LogP contribution < -0.4 is 5.32 Å². The molecule has 0 aliphatic carbocycles. The first kappa shape index (κ1) is 15.3. The highest BCUT2D eigenvalue weighted by Gasteiger charge is 2.12. The molecule has 3 aromatic rings. The largest absolute Gasteiger partial charge is 0.324 e. The van der Waals surface area contributed by atoms with Crippen molar-refractivity contribution in [2.45, 2.75) is 6.54 Å². The highest BCUT2D eigenvalue weighted by Crippen LogP contribution is 2.19. The number of halogens is 2. The summed E-state index contributed by atoms with van der Waals surface area (Å²) in [4.78, 5) is 12.1. The van der Waals surface area contributed by atoms with Gasteiger partial charge in [0.1, 0.15) is 12.4 Å². The number of anilines is 1. The van der Waals surface area contributed by atoms with E-state index in [0.29, 0.717) is 11.5 Å². The molecule has 0 radical (unpaired) electrons. The lowest BCUT2D eigenvalue weighted by Gasteiger charge is -2.07. The normalized spacial score (nSPS) is 10.5. The van der Waals surface area contributed by atoms with Gasteiger partial charge in [0.25, 0.3) is 0 Å². The van der Waals surface area contributed by atoms with E-state index in [4.69, 9.17) is 0 Å². The lowest BCUT2D eigenvalue weighted by Crippen LogP contribution is -2.20. The number of nitrogens with zero attached hydrogens (tertiary/aromatic N) is 4. The number of benzene rings is 2. The van der Waals surface area contributed by atoms with Crippen LogP contribution in [-0.2, 0) is 11.3 Å². The molecule has 116 valence electrons. The summed E-state index contributed by atoms with van der Waals surface area (Å²) in [5.74, 6) is -0.171. The highest BCUT2D eigenvalue weighted by atomic mass is 79.9. The average Bonchev–Trinajstić information content (AvgIpc) is 2.98. The van der Waals surface area contributed by atoms with E-state index in [2.05, 4.69) is 36.8 Å². The van der Waals surface area contributed by atoms with Crippen molar-refractivity contribution in [2.75, 3.05) is 5.32 Å². The predicted octanol–water partition coefficient (Wildman–Crippen LogP) is 2.88. The minimum Gasteiger partial charge on any atom is -0.324 e. The van der Waals surface area contributed by atoms with Crippen molar-refractivity contribution in [1.29, 1.82) is 0 Å². The number of carbonyl (C=O) groups excluding carboxylic acids is 1. The zero-order valence-electron chi connectivity index (χ0n) is 11.8. The van der Waals surface area contributed by atoms with Crippen LogP contribution in [0.25, 0.3) is 11.4 Å². The first-order chi connectivity index (χ1) is 11.1. The van der Waals surface area contributed by atoms with Crippen LogP contribution in [0.1, 0.15) is 0 Å². The molecule has 0 bridgehead atoms. The smallest absolute Gasteiger partial charge is 0.246 e. The summed E-state index contributed by atoms with van der Waals surface area (Å²) >= 11 is 3.36. The molecule has 23 heavy (non-hydrogen) atoms. The van der Waals surface area contributed by atoms with Gasteiger partial charge < -0.3 is 5.32 Å². The van der Waals surface area contributed by atoms with Crippen LogP contribution in [0.15, 0.2) is 53.0 Å². The number of hydrogen-bond donors (Lipinski definition) is 1. The van der Waals surface area contributed by atoms with Crippen LogP contribution in [0.3, 0.4) is 0 Å². The second-order valence-electron chi connectivity index (χ2n) is 4.72. The summed E-state index contributed by atoms with van der Waals surface area (Å²) in [6, 6.07) is 13.0. The summed E-state index contributed by atoms with van der Waals surface area (Å²) in [5, 5.41) is 14.1. The molecule has 0 spiro atoms. The first-order valence-electron chi connectivity index (χ1n) is 6.69. The van der Waals surface area contributed by atoms with Gasteiger partial charge in [-0.2, -0.15) is 0 Å². The van der Waals surface area contributed by atoms with E-state index in [9.17, 15) is 9.18 Å². The number of amides is 1. The minimum absolute atomic E-state index is 0.0459. The molecule has 0 saturated heterocycles. The lowest BCUT2D eigenvalue weighted by atomic mass is 10.2. The van der Waals surface area contributed by atoms with Gasteiger partial charge in [0.15, 0.2) is 5.82 Å². The third-order valence-electron chi connectivity index (χ3n) is 3.06. The number of rotatable bonds is 4. The molecule has 6 nitrogen and oxygen atoms in total. The van der Waals surface area contributed by atoms with Crippen molar-refractivity contribution in [2.24, 2.45) is 0 Å². The Kier molecular flexibility index (Phi) is 4.42. The Hall–Kier alpha value is -2.61. The molecule has 0 aliphatic rings. The van der Waals surface area contributed by atoms with Crippen molar-refractivity contribution in [1.82, 2.24) is 20.2 Å². The summed E-state index contributed by atoms with van der Waals surface area (Å²) in [5.41, 5.74) is 1.31. The maximum absolute atomic E-state index is 12.9. The predicted molar refractivity (Wildman–Crippen MR) is 86.0 cm³/mol. The standard InChI is InChI=1S/C15H11BrFN5O/c16-11-3-1-10(2-4-11)15-19-20-21-22(15)9-14(23)18-13-7-5-12(17)6-8-13/h1-8H,9H2,(H,18,23). The first-order valence-corrected chi connectivity index (χ1v) is 7.48. The van der Waals surface area contributed by atoms with E-state index in [1.54, 1.807) is 0 Å². The lowest BCUT2D eigenvalue weighted by molar-refractivity contribution is -0.116. The van der Waals surface area contributed by atoms with Gasteiger partial charge in [0.05, 0.1) is 0 Å². The van der Waals surface area contributed by atoms with Crippen molar-refractivity contribution >= 4 is 27.5 Å². The Bertz CT molecular complexity index is 817. The Morgan fingerprint density at radius 3 is 2.52 bits per heavy atom. The van der Waals surface area contributed by atoms with Crippen LogP contribution in [-0.4, -0.2) is 26.1 Å². The minimum atomic E-state index is -0.360. The van der Waals surface area contributed by atoms with E-state index in [1.165, 1.54) is 28.9 Å². The number of hydrogen-bond acceptors (Lipinski definition) is 4. The molecule has 1 N–H and O–H groups in total. The van der Waals surface area contributed by atoms with Gasteiger partial charge in [0, 0.05) is 15.7 Å².